The predicted molar refractivity (Wildman–Crippen MR) is 86.9 cm³/mol. The molecule has 0 amide bonds. The SMILES string of the molecule is COCCc1ccc(C(Br)c2cc(F)cc(Br)c2)cc1. The fraction of sp³-hybridized carbons (Fsp3) is 0.250. The molecule has 1 unspecified atom stereocenters. The van der Waals surface area contributed by atoms with Crippen LogP contribution in [0.3, 0.4) is 0 Å². The van der Waals surface area contributed by atoms with Gasteiger partial charge >= 0.3 is 0 Å². The molecule has 2 rings (SSSR count). The van der Waals surface area contributed by atoms with E-state index in [1.54, 1.807) is 13.2 Å². The first-order valence-corrected chi connectivity index (χ1v) is 7.99. The highest BCUT2D eigenvalue weighted by Gasteiger charge is 2.12. The van der Waals surface area contributed by atoms with Crippen LogP contribution in [-0.2, 0) is 11.2 Å². The Morgan fingerprint density at radius 1 is 1.10 bits per heavy atom. The molecule has 1 atom stereocenters. The smallest absolute Gasteiger partial charge is 0.124 e. The molecule has 0 saturated carbocycles. The van der Waals surface area contributed by atoms with Gasteiger partial charge in [-0.25, -0.2) is 4.39 Å². The highest BCUT2D eigenvalue weighted by atomic mass is 79.9. The van der Waals surface area contributed by atoms with Gasteiger partial charge in [-0.15, -0.1) is 0 Å². The van der Waals surface area contributed by atoms with Crippen molar-refractivity contribution in [3.05, 3.63) is 69.4 Å². The maximum atomic E-state index is 13.4. The van der Waals surface area contributed by atoms with Crippen molar-refractivity contribution in [3.63, 3.8) is 0 Å². The third-order valence-corrected chi connectivity index (χ3v) is 4.56. The number of benzene rings is 2. The summed E-state index contributed by atoms with van der Waals surface area (Å²) >= 11 is 6.95. The molecule has 0 bridgehead atoms. The Bertz CT molecular complexity index is 549. The lowest BCUT2D eigenvalue weighted by Gasteiger charge is -2.12. The second-order valence-corrected chi connectivity index (χ2v) is 6.38. The second-order valence-electron chi connectivity index (χ2n) is 4.55. The number of hydrogen-bond donors (Lipinski definition) is 0. The van der Waals surface area contributed by atoms with E-state index in [9.17, 15) is 4.39 Å². The molecule has 20 heavy (non-hydrogen) atoms. The molecule has 0 heterocycles. The average Bonchev–Trinajstić information content (AvgIpc) is 2.44. The summed E-state index contributed by atoms with van der Waals surface area (Å²) in [6.07, 6.45) is 0.898. The van der Waals surface area contributed by atoms with E-state index >= 15 is 0 Å². The zero-order valence-electron chi connectivity index (χ0n) is 11.1. The van der Waals surface area contributed by atoms with Crippen LogP contribution in [0.1, 0.15) is 21.5 Å². The normalized spacial score (nSPS) is 12.4. The zero-order valence-corrected chi connectivity index (χ0v) is 14.2. The molecule has 2 aromatic carbocycles. The first kappa shape index (κ1) is 15.7. The van der Waals surface area contributed by atoms with Gasteiger partial charge in [-0.3, -0.25) is 0 Å². The molecule has 4 heteroatoms. The van der Waals surface area contributed by atoms with Crippen LogP contribution in [0.2, 0.25) is 0 Å². The van der Waals surface area contributed by atoms with E-state index in [0.717, 1.165) is 22.0 Å². The molecule has 1 nitrogen and oxygen atoms in total. The zero-order chi connectivity index (χ0) is 14.5. The van der Waals surface area contributed by atoms with Gasteiger partial charge in [0.1, 0.15) is 5.82 Å². The van der Waals surface area contributed by atoms with Crippen molar-refractivity contribution in [2.24, 2.45) is 0 Å². The van der Waals surface area contributed by atoms with Gasteiger partial charge in [0.25, 0.3) is 0 Å². The van der Waals surface area contributed by atoms with Gasteiger partial charge in [0.2, 0.25) is 0 Å². The van der Waals surface area contributed by atoms with Crippen molar-refractivity contribution in [3.8, 4) is 0 Å². The molecule has 0 radical (unpaired) electrons. The van der Waals surface area contributed by atoms with Gasteiger partial charge in [-0.2, -0.15) is 0 Å². The summed E-state index contributed by atoms with van der Waals surface area (Å²) < 4.78 is 19.2. The van der Waals surface area contributed by atoms with Crippen molar-refractivity contribution in [1.29, 1.82) is 0 Å². The second kappa shape index (κ2) is 7.34. The van der Waals surface area contributed by atoms with E-state index in [1.165, 1.54) is 11.6 Å². The van der Waals surface area contributed by atoms with E-state index in [-0.39, 0.29) is 10.6 Å². The quantitative estimate of drug-likeness (QED) is 0.620. The van der Waals surface area contributed by atoms with Gasteiger partial charge in [-0.05, 0) is 41.3 Å². The molecule has 0 fully saturated rings. The van der Waals surface area contributed by atoms with Gasteiger partial charge in [0.15, 0.2) is 0 Å². The third kappa shape index (κ3) is 4.14. The van der Waals surface area contributed by atoms with E-state index in [1.807, 2.05) is 6.07 Å². The van der Waals surface area contributed by atoms with Crippen molar-refractivity contribution in [2.75, 3.05) is 13.7 Å². The predicted octanol–water partition coefficient (Wildman–Crippen LogP) is 5.26. The molecule has 0 N–H and O–H groups in total. The minimum Gasteiger partial charge on any atom is -0.384 e. The van der Waals surface area contributed by atoms with Crippen LogP contribution in [0.4, 0.5) is 4.39 Å². The number of ether oxygens (including phenoxy) is 1. The lowest BCUT2D eigenvalue weighted by Crippen LogP contribution is -1.97. The summed E-state index contributed by atoms with van der Waals surface area (Å²) in [6, 6.07) is 13.2. The summed E-state index contributed by atoms with van der Waals surface area (Å²) in [5, 5.41) is 0. The van der Waals surface area contributed by atoms with E-state index < -0.39 is 0 Å². The molecule has 0 aliphatic carbocycles. The number of alkyl halides is 1. The first-order chi connectivity index (χ1) is 9.60. The van der Waals surface area contributed by atoms with Crippen molar-refractivity contribution >= 4 is 31.9 Å². The third-order valence-electron chi connectivity index (χ3n) is 3.04. The average molecular weight is 402 g/mol. The van der Waals surface area contributed by atoms with Crippen LogP contribution in [0, 0.1) is 5.82 Å². The van der Waals surface area contributed by atoms with Gasteiger partial charge in [-0.1, -0.05) is 56.1 Å². The van der Waals surface area contributed by atoms with Crippen molar-refractivity contribution in [2.45, 2.75) is 11.2 Å². The number of halogens is 3. The molecule has 0 aliphatic heterocycles. The van der Waals surface area contributed by atoms with E-state index in [2.05, 4.69) is 56.1 Å². The Balaban J connectivity index is 2.17. The largest absolute Gasteiger partial charge is 0.384 e. The summed E-state index contributed by atoms with van der Waals surface area (Å²) in [5.41, 5.74) is 3.22. The number of rotatable bonds is 5. The van der Waals surface area contributed by atoms with Crippen molar-refractivity contribution in [1.82, 2.24) is 0 Å². The van der Waals surface area contributed by atoms with Crippen LogP contribution in [-0.4, -0.2) is 13.7 Å². The Morgan fingerprint density at radius 2 is 1.80 bits per heavy atom. The van der Waals surface area contributed by atoms with Crippen LogP contribution in [0.15, 0.2) is 46.9 Å². The van der Waals surface area contributed by atoms with Crippen LogP contribution in [0.5, 0.6) is 0 Å². The number of hydrogen-bond acceptors (Lipinski definition) is 1. The van der Waals surface area contributed by atoms with Gasteiger partial charge in [0, 0.05) is 11.6 Å². The minimum atomic E-state index is -0.240. The highest BCUT2D eigenvalue weighted by Crippen LogP contribution is 2.32. The van der Waals surface area contributed by atoms with Crippen LogP contribution in [0.25, 0.3) is 0 Å². The monoisotopic (exact) mass is 400 g/mol. The summed E-state index contributed by atoms with van der Waals surface area (Å²) in [7, 11) is 1.70. The fourth-order valence-electron chi connectivity index (χ4n) is 1.99. The standard InChI is InChI=1S/C16H15Br2FO/c1-20-7-6-11-2-4-12(5-3-11)16(18)13-8-14(17)10-15(19)9-13/h2-5,8-10,16H,6-7H2,1H3. The summed E-state index contributed by atoms with van der Waals surface area (Å²) in [5.74, 6) is -0.240. The van der Waals surface area contributed by atoms with Gasteiger partial charge < -0.3 is 4.74 Å². The molecule has 106 valence electrons. The van der Waals surface area contributed by atoms with Crippen LogP contribution < -0.4 is 0 Å². The Hall–Kier alpha value is -0.710. The molecule has 0 aliphatic rings. The number of methoxy groups -OCH3 is 1. The Labute approximate surface area is 135 Å². The molecule has 0 saturated heterocycles. The first-order valence-electron chi connectivity index (χ1n) is 6.28. The lowest BCUT2D eigenvalue weighted by molar-refractivity contribution is 0.202. The highest BCUT2D eigenvalue weighted by molar-refractivity contribution is 9.10. The maximum absolute atomic E-state index is 13.4. The summed E-state index contributed by atoms with van der Waals surface area (Å²) in [4.78, 5) is -0.0222. The van der Waals surface area contributed by atoms with E-state index in [4.69, 9.17) is 4.74 Å². The fourth-order valence-corrected chi connectivity index (χ4v) is 3.04. The molecule has 0 spiro atoms. The minimum absolute atomic E-state index is 0.0222. The molecule has 0 aromatic heterocycles. The maximum Gasteiger partial charge on any atom is 0.124 e. The molecular weight excluding hydrogens is 387 g/mol. The Morgan fingerprint density at radius 3 is 2.40 bits per heavy atom. The van der Waals surface area contributed by atoms with Crippen LogP contribution >= 0.6 is 31.9 Å². The van der Waals surface area contributed by atoms with Crippen molar-refractivity contribution < 1.29 is 9.13 Å². The lowest BCUT2D eigenvalue weighted by atomic mass is 10.0. The Kier molecular flexibility index (Phi) is 5.75. The molecule has 2 aromatic rings. The van der Waals surface area contributed by atoms with Gasteiger partial charge in [0.05, 0.1) is 11.4 Å². The summed E-state index contributed by atoms with van der Waals surface area (Å²) in [6.45, 7) is 0.716. The van der Waals surface area contributed by atoms with E-state index in [0.29, 0.717) is 6.61 Å². The molecular formula is C16H15Br2FO. The topological polar surface area (TPSA) is 9.23 Å².